The molecule has 0 saturated heterocycles. The molecule has 3 aromatic rings. The predicted octanol–water partition coefficient (Wildman–Crippen LogP) is 3.92. The average Bonchev–Trinajstić information content (AvgIpc) is 3.20. The van der Waals surface area contributed by atoms with Gasteiger partial charge in [0.05, 0.1) is 21.3 Å². The van der Waals surface area contributed by atoms with Gasteiger partial charge in [0.1, 0.15) is 27.5 Å². The third-order valence-electron chi connectivity index (χ3n) is 4.70. The predicted molar refractivity (Wildman–Crippen MR) is 121 cm³/mol. The van der Waals surface area contributed by atoms with E-state index in [-0.39, 0.29) is 5.91 Å². The molecule has 30 heavy (non-hydrogen) atoms. The van der Waals surface area contributed by atoms with E-state index < -0.39 is 0 Å². The van der Waals surface area contributed by atoms with Crippen LogP contribution in [0.3, 0.4) is 0 Å². The number of rotatable bonds is 9. The van der Waals surface area contributed by atoms with Crippen LogP contribution in [-0.4, -0.2) is 64.3 Å². The van der Waals surface area contributed by atoms with Crippen LogP contribution in [-0.2, 0) is 0 Å². The van der Waals surface area contributed by atoms with Gasteiger partial charge in [0, 0.05) is 12.1 Å². The highest BCUT2D eigenvalue weighted by Crippen LogP contribution is 2.40. The summed E-state index contributed by atoms with van der Waals surface area (Å²) in [6.45, 7) is 1.41. The van der Waals surface area contributed by atoms with Crippen molar-refractivity contribution in [2.75, 3.05) is 53.4 Å². The van der Waals surface area contributed by atoms with Crippen molar-refractivity contribution in [2.45, 2.75) is 6.42 Å². The number of aromatic nitrogens is 1. The van der Waals surface area contributed by atoms with Gasteiger partial charge in [0.2, 0.25) is 0 Å². The monoisotopic (exact) mass is 429 g/mol. The summed E-state index contributed by atoms with van der Waals surface area (Å²) in [5.41, 5.74) is 1.27. The number of hydrogen-bond acceptors (Lipinski definition) is 7. The molecule has 3 rings (SSSR count). The zero-order valence-corrected chi connectivity index (χ0v) is 18.8. The summed E-state index contributed by atoms with van der Waals surface area (Å²) < 4.78 is 17.0. The zero-order chi connectivity index (χ0) is 21.7. The Morgan fingerprint density at radius 2 is 1.60 bits per heavy atom. The number of benzene rings is 2. The van der Waals surface area contributed by atoms with E-state index in [9.17, 15) is 4.79 Å². The van der Waals surface area contributed by atoms with Gasteiger partial charge in [-0.3, -0.25) is 9.69 Å². The summed E-state index contributed by atoms with van der Waals surface area (Å²) in [6.07, 6.45) is 0.819. The highest BCUT2D eigenvalue weighted by molar-refractivity contribution is 7.22. The molecular formula is C22H27N3O4S. The van der Waals surface area contributed by atoms with Gasteiger partial charge in [-0.25, -0.2) is 4.98 Å². The quantitative estimate of drug-likeness (QED) is 0.514. The molecule has 0 spiro atoms. The SMILES string of the molecule is COc1ccc(C(=O)N(CCCN(C)C)c2nc3c(OC)ccc(OC)c3s2)cc1. The van der Waals surface area contributed by atoms with Gasteiger partial charge in [-0.1, -0.05) is 11.3 Å². The van der Waals surface area contributed by atoms with Crippen LogP contribution in [0.15, 0.2) is 36.4 Å². The second kappa shape index (κ2) is 9.77. The lowest BCUT2D eigenvalue weighted by atomic mass is 10.2. The number of hydrogen-bond donors (Lipinski definition) is 0. The maximum atomic E-state index is 13.4. The molecule has 2 aromatic carbocycles. The number of thiazole rings is 1. The molecule has 0 aliphatic carbocycles. The Morgan fingerprint density at radius 1 is 0.933 bits per heavy atom. The summed E-state index contributed by atoms with van der Waals surface area (Å²) in [7, 11) is 8.87. The lowest BCUT2D eigenvalue weighted by molar-refractivity contribution is 0.0986. The summed E-state index contributed by atoms with van der Waals surface area (Å²) >= 11 is 1.43. The van der Waals surface area contributed by atoms with Crippen LogP contribution in [0.5, 0.6) is 17.2 Å². The molecule has 0 saturated carbocycles. The van der Waals surface area contributed by atoms with E-state index in [4.69, 9.17) is 19.2 Å². The van der Waals surface area contributed by atoms with Crippen LogP contribution in [0.1, 0.15) is 16.8 Å². The Bertz CT molecular complexity index is 961. The highest BCUT2D eigenvalue weighted by Gasteiger charge is 2.23. The summed E-state index contributed by atoms with van der Waals surface area (Å²) in [5, 5.41) is 0.618. The lowest BCUT2D eigenvalue weighted by Gasteiger charge is -2.21. The van der Waals surface area contributed by atoms with Crippen LogP contribution < -0.4 is 19.1 Å². The molecule has 160 valence electrons. The number of amides is 1. The van der Waals surface area contributed by atoms with E-state index in [0.29, 0.717) is 40.0 Å². The first-order chi connectivity index (χ1) is 14.5. The lowest BCUT2D eigenvalue weighted by Crippen LogP contribution is -2.33. The van der Waals surface area contributed by atoms with E-state index >= 15 is 0 Å². The molecule has 1 heterocycles. The number of methoxy groups -OCH3 is 3. The van der Waals surface area contributed by atoms with Gasteiger partial charge in [-0.2, -0.15) is 0 Å². The molecule has 0 unspecified atom stereocenters. The number of anilines is 1. The van der Waals surface area contributed by atoms with Crippen molar-refractivity contribution in [1.29, 1.82) is 0 Å². The largest absolute Gasteiger partial charge is 0.497 e. The van der Waals surface area contributed by atoms with E-state index in [1.165, 1.54) is 11.3 Å². The summed E-state index contributed by atoms with van der Waals surface area (Å²) in [6, 6.07) is 10.8. The Hall–Kier alpha value is -2.84. The number of carbonyl (C=O) groups excluding carboxylic acids is 1. The van der Waals surface area contributed by atoms with Crippen molar-refractivity contribution in [3.05, 3.63) is 42.0 Å². The molecule has 0 radical (unpaired) electrons. The standard InChI is InChI=1S/C22H27N3O4S/c1-24(2)13-6-14-25(21(26)15-7-9-16(27-3)10-8-15)22-23-19-17(28-4)11-12-18(29-5)20(19)30-22/h7-12H,6,13-14H2,1-5H3. The number of fused-ring (bicyclic) bond motifs is 1. The first-order valence-corrected chi connectivity index (χ1v) is 10.4. The number of carbonyl (C=O) groups is 1. The molecule has 0 N–H and O–H groups in total. The fourth-order valence-electron chi connectivity index (χ4n) is 3.11. The Kier molecular flexibility index (Phi) is 7.12. The van der Waals surface area contributed by atoms with E-state index in [1.54, 1.807) is 50.5 Å². The minimum Gasteiger partial charge on any atom is -0.497 e. The van der Waals surface area contributed by atoms with Crippen molar-refractivity contribution < 1.29 is 19.0 Å². The van der Waals surface area contributed by atoms with Crippen LogP contribution in [0, 0.1) is 0 Å². The first-order valence-electron chi connectivity index (χ1n) is 9.60. The van der Waals surface area contributed by atoms with E-state index in [2.05, 4.69) is 4.90 Å². The molecule has 0 aliphatic rings. The number of nitrogens with zero attached hydrogens (tertiary/aromatic N) is 3. The fourth-order valence-corrected chi connectivity index (χ4v) is 4.21. The van der Waals surface area contributed by atoms with Gasteiger partial charge in [0.25, 0.3) is 5.91 Å². The highest BCUT2D eigenvalue weighted by atomic mass is 32.1. The summed E-state index contributed by atoms with van der Waals surface area (Å²) in [5.74, 6) is 1.96. The van der Waals surface area contributed by atoms with E-state index in [1.807, 2.05) is 26.2 Å². The van der Waals surface area contributed by atoms with Gasteiger partial charge in [-0.05, 0) is 63.5 Å². The maximum Gasteiger partial charge on any atom is 0.260 e. The molecule has 0 fully saturated rings. The van der Waals surface area contributed by atoms with Crippen molar-refractivity contribution in [3.63, 3.8) is 0 Å². The molecule has 0 aliphatic heterocycles. The minimum atomic E-state index is -0.103. The zero-order valence-electron chi connectivity index (χ0n) is 18.0. The average molecular weight is 430 g/mol. The second-order valence-electron chi connectivity index (χ2n) is 6.99. The molecule has 1 amide bonds. The Labute approximate surface area is 180 Å². The van der Waals surface area contributed by atoms with Crippen molar-refractivity contribution >= 4 is 32.6 Å². The summed E-state index contributed by atoms with van der Waals surface area (Å²) in [4.78, 5) is 22.0. The third kappa shape index (κ3) is 4.66. The van der Waals surface area contributed by atoms with Crippen LogP contribution in [0.2, 0.25) is 0 Å². The van der Waals surface area contributed by atoms with Crippen LogP contribution in [0.4, 0.5) is 5.13 Å². The molecule has 0 atom stereocenters. The molecule has 1 aromatic heterocycles. The van der Waals surface area contributed by atoms with Crippen LogP contribution in [0.25, 0.3) is 10.2 Å². The van der Waals surface area contributed by atoms with Gasteiger partial charge in [-0.15, -0.1) is 0 Å². The number of ether oxygens (including phenoxy) is 3. The first kappa shape index (κ1) is 21.9. The maximum absolute atomic E-state index is 13.4. The third-order valence-corrected chi connectivity index (χ3v) is 5.79. The second-order valence-corrected chi connectivity index (χ2v) is 7.96. The fraction of sp³-hybridized carbons (Fsp3) is 0.364. The van der Waals surface area contributed by atoms with Crippen molar-refractivity contribution in [2.24, 2.45) is 0 Å². The molecule has 0 bridgehead atoms. The molecule has 8 heteroatoms. The van der Waals surface area contributed by atoms with Crippen LogP contribution >= 0.6 is 11.3 Å². The Balaban J connectivity index is 2.01. The molecule has 7 nitrogen and oxygen atoms in total. The minimum absolute atomic E-state index is 0.103. The normalized spacial score (nSPS) is 11.0. The van der Waals surface area contributed by atoms with E-state index in [0.717, 1.165) is 17.7 Å². The van der Waals surface area contributed by atoms with Crippen molar-refractivity contribution in [3.8, 4) is 17.2 Å². The Morgan fingerprint density at radius 3 is 2.20 bits per heavy atom. The smallest absolute Gasteiger partial charge is 0.260 e. The topological polar surface area (TPSA) is 64.1 Å². The van der Waals surface area contributed by atoms with Gasteiger partial charge < -0.3 is 19.1 Å². The molecular weight excluding hydrogens is 402 g/mol. The van der Waals surface area contributed by atoms with Crippen molar-refractivity contribution in [1.82, 2.24) is 9.88 Å². The van der Waals surface area contributed by atoms with Gasteiger partial charge in [0.15, 0.2) is 5.13 Å². The van der Waals surface area contributed by atoms with Gasteiger partial charge >= 0.3 is 0 Å².